The van der Waals surface area contributed by atoms with E-state index in [1.807, 2.05) is 0 Å². The van der Waals surface area contributed by atoms with Gasteiger partial charge in [-0.15, -0.1) is 0 Å². The van der Waals surface area contributed by atoms with E-state index in [1.54, 1.807) is 0 Å². The zero-order chi connectivity index (χ0) is 12.4. The molecule has 0 aromatic carbocycles. The second-order valence-corrected chi connectivity index (χ2v) is 6.09. The summed E-state index contributed by atoms with van der Waals surface area (Å²) in [6.45, 7) is 14.7. The Bertz CT molecular complexity index is 223. The fraction of sp³-hybridized carbons (Fsp3) is 1.00. The Labute approximate surface area is 102 Å². The molecule has 2 unspecified atom stereocenters. The van der Waals surface area contributed by atoms with Crippen LogP contribution in [0.1, 0.15) is 53.9 Å². The fourth-order valence-electron chi connectivity index (χ4n) is 2.67. The molecule has 0 heterocycles. The molecule has 2 N–H and O–H groups in total. The lowest BCUT2D eigenvalue weighted by Gasteiger charge is -2.46. The van der Waals surface area contributed by atoms with Crippen molar-refractivity contribution in [2.45, 2.75) is 59.4 Å². The maximum Gasteiger partial charge on any atom is 0.0357 e. The van der Waals surface area contributed by atoms with Gasteiger partial charge in [-0.25, -0.2) is 0 Å². The molecule has 1 rings (SSSR count). The number of hydrogen-bond acceptors (Lipinski definition) is 2. The van der Waals surface area contributed by atoms with Crippen molar-refractivity contribution in [3.63, 3.8) is 0 Å². The van der Waals surface area contributed by atoms with Gasteiger partial charge in [0, 0.05) is 18.6 Å². The van der Waals surface area contributed by atoms with Gasteiger partial charge < -0.3 is 5.73 Å². The second kappa shape index (κ2) is 5.05. The van der Waals surface area contributed by atoms with Crippen LogP contribution < -0.4 is 5.73 Å². The molecule has 0 spiro atoms. The molecule has 0 aromatic rings. The van der Waals surface area contributed by atoms with Crippen LogP contribution in [0.25, 0.3) is 0 Å². The van der Waals surface area contributed by atoms with Crippen LogP contribution in [0, 0.1) is 11.3 Å². The molecule has 0 saturated heterocycles. The first-order valence-electron chi connectivity index (χ1n) is 6.88. The standard InChI is InChI=1S/C14H30N2/c1-6-12(3)10-16(7-2)14(5,11-15)13(4)8-9-13/h12H,6-11,15H2,1-5H3. The molecule has 1 aliphatic rings. The van der Waals surface area contributed by atoms with Gasteiger partial charge in [0.2, 0.25) is 0 Å². The van der Waals surface area contributed by atoms with Crippen molar-refractivity contribution in [3.05, 3.63) is 0 Å². The average molecular weight is 226 g/mol. The van der Waals surface area contributed by atoms with E-state index in [-0.39, 0.29) is 5.54 Å². The van der Waals surface area contributed by atoms with Crippen molar-refractivity contribution in [2.75, 3.05) is 19.6 Å². The molecule has 0 aromatic heterocycles. The average Bonchev–Trinajstić information content (AvgIpc) is 3.04. The fourth-order valence-corrected chi connectivity index (χ4v) is 2.67. The van der Waals surface area contributed by atoms with Crippen LogP contribution in [-0.2, 0) is 0 Å². The highest BCUT2D eigenvalue weighted by molar-refractivity contribution is 5.09. The van der Waals surface area contributed by atoms with Crippen LogP contribution in [0.2, 0.25) is 0 Å². The molecule has 2 atom stereocenters. The molecule has 0 radical (unpaired) electrons. The van der Waals surface area contributed by atoms with Gasteiger partial charge in [-0.05, 0) is 37.6 Å². The Morgan fingerprint density at radius 1 is 1.38 bits per heavy atom. The first-order valence-corrected chi connectivity index (χ1v) is 6.88. The van der Waals surface area contributed by atoms with E-state index < -0.39 is 0 Å². The van der Waals surface area contributed by atoms with E-state index in [2.05, 4.69) is 39.5 Å². The molecule has 1 saturated carbocycles. The lowest BCUT2D eigenvalue weighted by Crippen LogP contribution is -2.58. The van der Waals surface area contributed by atoms with Crippen LogP contribution >= 0.6 is 0 Å². The van der Waals surface area contributed by atoms with E-state index in [9.17, 15) is 0 Å². The largest absolute Gasteiger partial charge is 0.329 e. The molecule has 0 aliphatic heterocycles. The zero-order valence-corrected chi connectivity index (χ0v) is 11.8. The Morgan fingerprint density at radius 3 is 2.25 bits per heavy atom. The summed E-state index contributed by atoms with van der Waals surface area (Å²) in [5.41, 5.74) is 6.75. The van der Waals surface area contributed by atoms with Crippen LogP contribution in [0.5, 0.6) is 0 Å². The molecule has 1 aliphatic carbocycles. The van der Waals surface area contributed by atoms with Gasteiger partial charge in [0.25, 0.3) is 0 Å². The van der Waals surface area contributed by atoms with Crippen LogP contribution in [0.4, 0.5) is 0 Å². The van der Waals surface area contributed by atoms with Gasteiger partial charge in [0.05, 0.1) is 0 Å². The summed E-state index contributed by atoms with van der Waals surface area (Å²) in [4.78, 5) is 2.62. The maximum atomic E-state index is 6.09. The van der Waals surface area contributed by atoms with E-state index in [4.69, 9.17) is 5.73 Å². The normalized spacial score (nSPS) is 24.2. The molecule has 2 nitrogen and oxygen atoms in total. The molecule has 0 amide bonds. The van der Waals surface area contributed by atoms with Crippen molar-refractivity contribution in [1.82, 2.24) is 4.90 Å². The first-order chi connectivity index (χ1) is 7.43. The predicted octanol–water partition coefficient (Wildman–Crippen LogP) is 2.87. The summed E-state index contributed by atoms with van der Waals surface area (Å²) in [6.07, 6.45) is 3.95. The van der Waals surface area contributed by atoms with E-state index in [0.29, 0.717) is 5.41 Å². The van der Waals surface area contributed by atoms with Crippen LogP contribution in [0.15, 0.2) is 0 Å². The van der Waals surface area contributed by atoms with E-state index >= 15 is 0 Å². The van der Waals surface area contributed by atoms with Crippen molar-refractivity contribution in [2.24, 2.45) is 17.1 Å². The monoisotopic (exact) mass is 226 g/mol. The smallest absolute Gasteiger partial charge is 0.0357 e. The first kappa shape index (κ1) is 14.0. The summed E-state index contributed by atoms with van der Waals surface area (Å²) < 4.78 is 0. The number of nitrogens with two attached hydrogens (primary N) is 1. The summed E-state index contributed by atoms with van der Waals surface area (Å²) >= 11 is 0. The third-order valence-corrected chi connectivity index (χ3v) is 5.01. The Morgan fingerprint density at radius 2 is 1.94 bits per heavy atom. The van der Waals surface area contributed by atoms with Gasteiger partial charge in [-0.1, -0.05) is 34.1 Å². The van der Waals surface area contributed by atoms with Crippen molar-refractivity contribution >= 4 is 0 Å². The molecule has 96 valence electrons. The molecule has 1 fully saturated rings. The lowest BCUT2D eigenvalue weighted by atomic mass is 9.81. The highest BCUT2D eigenvalue weighted by atomic mass is 15.2. The maximum absolute atomic E-state index is 6.09. The van der Waals surface area contributed by atoms with Crippen LogP contribution in [-0.4, -0.2) is 30.1 Å². The summed E-state index contributed by atoms with van der Waals surface area (Å²) in [5, 5.41) is 0. The molecule has 2 heteroatoms. The van der Waals surface area contributed by atoms with Gasteiger partial charge in [-0.2, -0.15) is 0 Å². The van der Waals surface area contributed by atoms with Gasteiger partial charge in [0.1, 0.15) is 0 Å². The Kier molecular flexibility index (Phi) is 4.42. The number of rotatable bonds is 7. The minimum Gasteiger partial charge on any atom is -0.329 e. The third-order valence-electron chi connectivity index (χ3n) is 5.01. The quantitative estimate of drug-likeness (QED) is 0.723. The van der Waals surface area contributed by atoms with Crippen molar-refractivity contribution in [1.29, 1.82) is 0 Å². The predicted molar refractivity (Wildman–Crippen MR) is 71.5 cm³/mol. The molecule has 16 heavy (non-hydrogen) atoms. The zero-order valence-electron chi connectivity index (χ0n) is 11.8. The van der Waals surface area contributed by atoms with Crippen molar-refractivity contribution < 1.29 is 0 Å². The minimum absolute atomic E-state index is 0.200. The van der Waals surface area contributed by atoms with Gasteiger partial charge in [0.15, 0.2) is 0 Å². The van der Waals surface area contributed by atoms with Crippen LogP contribution in [0.3, 0.4) is 0 Å². The lowest BCUT2D eigenvalue weighted by molar-refractivity contribution is 0.0397. The SMILES string of the molecule is CCC(C)CN(CC)C(C)(CN)C1(C)CC1. The minimum atomic E-state index is 0.200. The number of nitrogens with zero attached hydrogens (tertiary/aromatic N) is 1. The summed E-state index contributed by atoms with van der Waals surface area (Å²) in [7, 11) is 0. The summed E-state index contributed by atoms with van der Waals surface area (Å²) in [6, 6.07) is 0. The highest BCUT2D eigenvalue weighted by Crippen LogP contribution is 2.55. The number of likely N-dealkylation sites (N-methyl/N-ethyl adjacent to an activating group) is 1. The molecular weight excluding hydrogens is 196 g/mol. The molecular formula is C14H30N2. The second-order valence-electron chi connectivity index (χ2n) is 6.09. The molecule has 0 bridgehead atoms. The van der Waals surface area contributed by atoms with E-state index in [0.717, 1.165) is 19.0 Å². The van der Waals surface area contributed by atoms with E-state index in [1.165, 1.54) is 25.8 Å². The number of hydrogen-bond donors (Lipinski definition) is 1. The third kappa shape index (κ3) is 2.43. The van der Waals surface area contributed by atoms with Gasteiger partial charge in [-0.3, -0.25) is 4.90 Å². The Hall–Kier alpha value is -0.0800. The van der Waals surface area contributed by atoms with Gasteiger partial charge >= 0.3 is 0 Å². The topological polar surface area (TPSA) is 29.3 Å². The highest BCUT2D eigenvalue weighted by Gasteiger charge is 2.54. The van der Waals surface area contributed by atoms with Crippen molar-refractivity contribution in [3.8, 4) is 0 Å². The Balaban J connectivity index is 2.75. The summed E-state index contributed by atoms with van der Waals surface area (Å²) in [5.74, 6) is 0.771.